The first kappa shape index (κ1) is 19.5. The molecule has 7 heteroatoms. The molecule has 1 saturated heterocycles. The van der Waals surface area contributed by atoms with Crippen LogP contribution in [-0.4, -0.2) is 49.7 Å². The van der Waals surface area contributed by atoms with E-state index in [0.717, 1.165) is 6.54 Å². The molecule has 2 aromatic rings. The highest BCUT2D eigenvalue weighted by molar-refractivity contribution is 7.89. The minimum Gasteiger partial charge on any atom is -0.326 e. The second-order valence-electron chi connectivity index (χ2n) is 6.83. The summed E-state index contributed by atoms with van der Waals surface area (Å²) in [5.74, 6) is -0.225. The van der Waals surface area contributed by atoms with Crippen molar-refractivity contribution in [2.75, 3.05) is 31.5 Å². The number of carbonyl (C=O) groups is 1. The summed E-state index contributed by atoms with van der Waals surface area (Å²) in [7, 11) is -3.59. The number of sulfonamides is 1. The zero-order chi connectivity index (χ0) is 19.4. The average Bonchev–Trinajstić information content (AvgIpc) is 2.64. The summed E-state index contributed by atoms with van der Waals surface area (Å²) >= 11 is 0. The van der Waals surface area contributed by atoms with Gasteiger partial charge in [0.05, 0.1) is 4.90 Å². The van der Waals surface area contributed by atoms with Crippen LogP contribution in [0.15, 0.2) is 53.4 Å². The second kappa shape index (κ2) is 8.21. The molecular formula is C20H25N3O3S. The molecule has 2 aromatic carbocycles. The lowest BCUT2D eigenvalue weighted by atomic mass is 10.2. The van der Waals surface area contributed by atoms with Gasteiger partial charge < -0.3 is 5.32 Å². The molecule has 1 heterocycles. The number of hydrogen-bond donors (Lipinski definition) is 1. The van der Waals surface area contributed by atoms with Crippen LogP contribution in [0.2, 0.25) is 0 Å². The average molecular weight is 388 g/mol. The topological polar surface area (TPSA) is 69.7 Å². The lowest BCUT2D eigenvalue weighted by Crippen LogP contribution is -2.48. The maximum Gasteiger partial charge on any atom is 0.243 e. The molecular weight excluding hydrogens is 362 g/mol. The van der Waals surface area contributed by atoms with Crippen molar-refractivity contribution in [2.45, 2.75) is 25.3 Å². The fourth-order valence-electron chi connectivity index (χ4n) is 3.27. The number of aryl methyl sites for hydroxylation is 1. The predicted molar refractivity (Wildman–Crippen MR) is 106 cm³/mol. The van der Waals surface area contributed by atoms with E-state index in [1.807, 2.05) is 18.2 Å². The molecule has 1 amide bonds. The Morgan fingerprint density at radius 3 is 2.33 bits per heavy atom. The van der Waals surface area contributed by atoms with Gasteiger partial charge in [0.1, 0.15) is 0 Å². The Bertz CT molecular complexity index is 905. The Morgan fingerprint density at radius 1 is 1.04 bits per heavy atom. The van der Waals surface area contributed by atoms with Gasteiger partial charge in [0, 0.05) is 45.3 Å². The monoisotopic (exact) mass is 387 g/mol. The first-order valence-electron chi connectivity index (χ1n) is 9.01. The zero-order valence-corrected chi connectivity index (χ0v) is 16.5. The molecule has 1 aliphatic rings. The molecule has 0 aliphatic carbocycles. The summed E-state index contributed by atoms with van der Waals surface area (Å²) in [6.45, 7) is 6.30. The maximum absolute atomic E-state index is 13.1. The number of hydrogen-bond acceptors (Lipinski definition) is 4. The minimum absolute atomic E-state index is 0.225. The zero-order valence-electron chi connectivity index (χ0n) is 15.7. The SMILES string of the molecule is CC(=O)Nc1ccc(C)c(S(=O)(=O)N2CCN(Cc3ccccc3)CC2)c1. The van der Waals surface area contributed by atoms with Crippen LogP contribution in [-0.2, 0) is 21.4 Å². The lowest BCUT2D eigenvalue weighted by Gasteiger charge is -2.34. The van der Waals surface area contributed by atoms with E-state index < -0.39 is 10.0 Å². The number of anilines is 1. The standard InChI is InChI=1S/C20H25N3O3S/c1-16-8-9-19(21-17(2)24)14-20(16)27(25,26)23-12-10-22(11-13-23)15-18-6-4-3-5-7-18/h3-9,14H,10-13,15H2,1-2H3,(H,21,24). The van der Waals surface area contributed by atoms with E-state index in [4.69, 9.17) is 0 Å². The Kier molecular flexibility index (Phi) is 5.94. The quantitative estimate of drug-likeness (QED) is 0.856. The summed E-state index contributed by atoms with van der Waals surface area (Å²) < 4.78 is 27.7. The molecule has 1 aliphatic heterocycles. The lowest BCUT2D eigenvalue weighted by molar-refractivity contribution is -0.114. The van der Waals surface area contributed by atoms with Crippen LogP contribution in [0, 0.1) is 6.92 Å². The van der Waals surface area contributed by atoms with E-state index in [9.17, 15) is 13.2 Å². The summed E-state index contributed by atoms with van der Waals surface area (Å²) in [6.07, 6.45) is 0. The number of rotatable bonds is 5. The van der Waals surface area contributed by atoms with Gasteiger partial charge in [-0.3, -0.25) is 9.69 Å². The first-order valence-corrected chi connectivity index (χ1v) is 10.4. The van der Waals surface area contributed by atoms with E-state index in [0.29, 0.717) is 37.4 Å². The van der Waals surface area contributed by atoms with E-state index in [2.05, 4.69) is 22.3 Å². The van der Waals surface area contributed by atoms with Crippen molar-refractivity contribution < 1.29 is 13.2 Å². The minimum atomic E-state index is -3.59. The van der Waals surface area contributed by atoms with E-state index in [1.54, 1.807) is 25.1 Å². The Morgan fingerprint density at radius 2 is 1.70 bits per heavy atom. The number of carbonyl (C=O) groups excluding carboxylic acids is 1. The number of amides is 1. The fraction of sp³-hybridized carbons (Fsp3) is 0.350. The predicted octanol–water partition coefficient (Wildman–Crippen LogP) is 2.46. The maximum atomic E-state index is 13.1. The molecule has 144 valence electrons. The van der Waals surface area contributed by atoms with Gasteiger partial charge >= 0.3 is 0 Å². The van der Waals surface area contributed by atoms with Crippen LogP contribution in [0.3, 0.4) is 0 Å². The van der Waals surface area contributed by atoms with Crippen LogP contribution in [0.25, 0.3) is 0 Å². The van der Waals surface area contributed by atoms with Gasteiger partial charge in [0.25, 0.3) is 0 Å². The van der Waals surface area contributed by atoms with Gasteiger partial charge in [-0.05, 0) is 30.2 Å². The number of nitrogens with zero attached hydrogens (tertiary/aromatic N) is 2. The normalized spacial score (nSPS) is 16.2. The van der Waals surface area contributed by atoms with Gasteiger partial charge in [0.15, 0.2) is 0 Å². The van der Waals surface area contributed by atoms with Gasteiger partial charge in [0.2, 0.25) is 15.9 Å². The van der Waals surface area contributed by atoms with Crippen LogP contribution in [0.4, 0.5) is 5.69 Å². The van der Waals surface area contributed by atoms with E-state index >= 15 is 0 Å². The van der Waals surface area contributed by atoms with E-state index in [1.165, 1.54) is 16.8 Å². The fourth-order valence-corrected chi connectivity index (χ4v) is 4.94. The molecule has 3 rings (SSSR count). The number of piperazine rings is 1. The third-order valence-corrected chi connectivity index (χ3v) is 6.75. The van der Waals surface area contributed by atoms with E-state index in [-0.39, 0.29) is 10.8 Å². The Labute approximate surface area is 160 Å². The van der Waals surface area contributed by atoms with Crippen molar-refractivity contribution in [3.05, 3.63) is 59.7 Å². The molecule has 0 saturated carbocycles. The van der Waals surface area contributed by atoms with Crippen molar-refractivity contribution in [3.8, 4) is 0 Å². The second-order valence-corrected chi connectivity index (χ2v) is 8.73. The third kappa shape index (κ3) is 4.74. The van der Waals surface area contributed by atoms with Crippen LogP contribution in [0.5, 0.6) is 0 Å². The summed E-state index contributed by atoms with van der Waals surface area (Å²) in [5, 5.41) is 2.65. The molecule has 6 nitrogen and oxygen atoms in total. The molecule has 27 heavy (non-hydrogen) atoms. The van der Waals surface area contributed by atoms with Crippen LogP contribution < -0.4 is 5.32 Å². The van der Waals surface area contributed by atoms with Crippen molar-refractivity contribution in [3.63, 3.8) is 0 Å². The summed E-state index contributed by atoms with van der Waals surface area (Å²) in [6, 6.07) is 15.2. The van der Waals surface area contributed by atoms with Crippen LogP contribution in [0.1, 0.15) is 18.1 Å². The highest BCUT2D eigenvalue weighted by Crippen LogP contribution is 2.25. The van der Waals surface area contributed by atoms with Gasteiger partial charge in [-0.15, -0.1) is 0 Å². The third-order valence-electron chi connectivity index (χ3n) is 4.71. The number of nitrogens with one attached hydrogen (secondary N) is 1. The van der Waals surface area contributed by atoms with Crippen LogP contribution >= 0.6 is 0 Å². The van der Waals surface area contributed by atoms with Gasteiger partial charge in [-0.1, -0.05) is 36.4 Å². The highest BCUT2D eigenvalue weighted by atomic mass is 32.2. The van der Waals surface area contributed by atoms with Crippen molar-refractivity contribution >= 4 is 21.6 Å². The van der Waals surface area contributed by atoms with Gasteiger partial charge in [-0.25, -0.2) is 8.42 Å². The molecule has 0 atom stereocenters. The molecule has 0 aromatic heterocycles. The largest absolute Gasteiger partial charge is 0.326 e. The Balaban J connectivity index is 1.70. The molecule has 0 bridgehead atoms. The van der Waals surface area contributed by atoms with Crippen molar-refractivity contribution in [1.29, 1.82) is 0 Å². The van der Waals surface area contributed by atoms with Crippen molar-refractivity contribution in [1.82, 2.24) is 9.21 Å². The summed E-state index contributed by atoms with van der Waals surface area (Å²) in [4.78, 5) is 13.8. The molecule has 1 fully saturated rings. The molecule has 1 N–H and O–H groups in total. The smallest absolute Gasteiger partial charge is 0.243 e. The molecule has 0 unspecified atom stereocenters. The number of benzene rings is 2. The highest BCUT2D eigenvalue weighted by Gasteiger charge is 2.29. The summed E-state index contributed by atoms with van der Waals surface area (Å²) in [5.41, 5.74) is 2.40. The Hall–Kier alpha value is -2.22. The molecule has 0 radical (unpaired) electrons. The first-order chi connectivity index (χ1) is 12.9. The van der Waals surface area contributed by atoms with Gasteiger partial charge in [-0.2, -0.15) is 4.31 Å². The molecule has 0 spiro atoms. The van der Waals surface area contributed by atoms with Crippen molar-refractivity contribution in [2.24, 2.45) is 0 Å².